The number of carbonyl (C=O) groups excluding carboxylic acids is 1. The molecule has 2 aromatic rings. The lowest BCUT2D eigenvalue weighted by Gasteiger charge is -2.20. The molecule has 0 fully saturated rings. The highest BCUT2D eigenvalue weighted by Gasteiger charge is 2.23. The summed E-state index contributed by atoms with van der Waals surface area (Å²) in [7, 11) is 3.49. The average molecular weight is 245 g/mol. The van der Waals surface area contributed by atoms with Crippen LogP contribution >= 0.6 is 0 Å². The maximum Gasteiger partial charge on any atom is 0.274 e. The van der Waals surface area contributed by atoms with Crippen molar-refractivity contribution in [3.63, 3.8) is 0 Å². The molecular weight excluding hydrogens is 226 g/mol. The zero-order valence-corrected chi connectivity index (χ0v) is 11.6. The van der Waals surface area contributed by atoms with Crippen molar-refractivity contribution in [2.75, 3.05) is 14.1 Å². The first-order valence-electron chi connectivity index (χ1n) is 6.02. The number of amides is 1. The predicted molar refractivity (Wildman–Crippen MR) is 72.7 cm³/mol. The van der Waals surface area contributed by atoms with E-state index in [0.29, 0.717) is 5.69 Å². The molecule has 0 bridgehead atoms. The standard InChI is InChI=1S/C14H19N3O/c1-14(2,3)17-11-9-7-6-8-10(11)12(15-17)13(18)16(4)5/h6-9H,1-5H3. The lowest BCUT2D eigenvalue weighted by atomic mass is 10.1. The second kappa shape index (κ2) is 4.12. The molecule has 0 saturated carbocycles. The summed E-state index contributed by atoms with van der Waals surface area (Å²) in [6.45, 7) is 6.24. The van der Waals surface area contributed by atoms with E-state index in [1.54, 1.807) is 19.0 Å². The minimum Gasteiger partial charge on any atom is -0.343 e. The molecule has 0 atom stereocenters. The van der Waals surface area contributed by atoms with Crippen LogP contribution in [0.1, 0.15) is 31.3 Å². The Bertz CT molecular complexity index is 591. The van der Waals surface area contributed by atoms with E-state index < -0.39 is 0 Å². The van der Waals surface area contributed by atoms with Gasteiger partial charge in [0.05, 0.1) is 11.1 Å². The second-order valence-corrected chi connectivity index (χ2v) is 5.65. The summed E-state index contributed by atoms with van der Waals surface area (Å²) in [5.74, 6) is -0.0609. The van der Waals surface area contributed by atoms with Gasteiger partial charge in [0, 0.05) is 19.5 Å². The summed E-state index contributed by atoms with van der Waals surface area (Å²) >= 11 is 0. The van der Waals surface area contributed by atoms with Crippen LogP contribution < -0.4 is 0 Å². The Morgan fingerprint density at radius 2 is 1.83 bits per heavy atom. The highest BCUT2D eigenvalue weighted by atomic mass is 16.2. The van der Waals surface area contributed by atoms with Gasteiger partial charge >= 0.3 is 0 Å². The molecule has 1 aromatic heterocycles. The number of carbonyl (C=O) groups is 1. The highest BCUT2D eigenvalue weighted by Crippen LogP contribution is 2.25. The Balaban J connectivity index is 2.73. The first kappa shape index (κ1) is 12.6. The van der Waals surface area contributed by atoms with Gasteiger partial charge in [0.15, 0.2) is 5.69 Å². The second-order valence-electron chi connectivity index (χ2n) is 5.65. The Kier molecular flexibility index (Phi) is 2.89. The summed E-state index contributed by atoms with van der Waals surface area (Å²) in [6, 6.07) is 7.85. The molecule has 1 amide bonds. The van der Waals surface area contributed by atoms with E-state index in [1.807, 2.05) is 28.9 Å². The summed E-state index contributed by atoms with van der Waals surface area (Å²) in [6.07, 6.45) is 0. The number of nitrogens with zero attached hydrogens (tertiary/aromatic N) is 3. The molecule has 0 aliphatic rings. The number of rotatable bonds is 1. The van der Waals surface area contributed by atoms with Crippen LogP contribution in [0.5, 0.6) is 0 Å². The Morgan fingerprint density at radius 1 is 1.22 bits per heavy atom. The highest BCUT2D eigenvalue weighted by molar-refractivity contribution is 6.04. The van der Waals surface area contributed by atoms with Crippen molar-refractivity contribution in [3.8, 4) is 0 Å². The van der Waals surface area contributed by atoms with E-state index >= 15 is 0 Å². The predicted octanol–water partition coefficient (Wildman–Crippen LogP) is 2.49. The minimum absolute atomic E-state index is 0.0609. The molecule has 0 N–H and O–H groups in total. The van der Waals surface area contributed by atoms with Crippen LogP contribution in [-0.4, -0.2) is 34.7 Å². The molecule has 0 radical (unpaired) electrons. The van der Waals surface area contributed by atoms with E-state index in [0.717, 1.165) is 10.9 Å². The summed E-state index contributed by atoms with van der Waals surface area (Å²) < 4.78 is 1.92. The van der Waals surface area contributed by atoms with Gasteiger partial charge in [-0.3, -0.25) is 9.48 Å². The number of hydrogen-bond acceptors (Lipinski definition) is 2. The molecular formula is C14H19N3O. The SMILES string of the molecule is CN(C)C(=O)c1nn(C(C)(C)C)c2ccccc12. The van der Waals surface area contributed by atoms with E-state index in [-0.39, 0.29) is 11.4 Å². The third kappa shape index (κ3) is 1.98. The quantitative estimate of drug-likeness (QED) is 0.774. The normalized spacial score (nSPS) is 11.8. The molecule has 18 heavy (non-hydrogen) atoms. The maximum absolute atomic E-state index is 12.1. The molecule has 96 valence electrons. The van der Waals surface area contributed by atoms with Gasteiger partial charge in [0.25, 0.3) is 5.91 Å². The van der Waals surface area contributed by atoms with Gasteiger partial charge in [-0.25, -0.2) is 0 Å². The molecule has 4 nitrogen and oxygen atoms in total. The molecule has 0 aliphatic heterocycles. The maximum atomic E-state index is 12.1. The fourth-order valence-corrected chi connectivity index (χ4v) is 1.95. The first-order chi connectivity index (χ1) is 8.32. The van der Waals surface area contributed by atoms with Crippen molar-refractivity contribution in [2.45, 2.75) is 26.3 Å². The minimum atomic E-state index is -0.148. The summed E-state index contributed by atoms with van der Waals surface area (Å²) in [5, 5.41) is 5.42. The zero-order chi connectivity index (χ0) is 13.5. The van der Waals surface area contributed by atoms with Gasteiger partial charge in [-0.05, 0) is 26.8 Å². The van der Waals surface area contributed by atoms with E-state index in [4.69, 9.17) is 0 Å². The lowest BCUT2D eigenvalue weighted by Crippen LogP contribution is -2.26. The summed E-state index contributed by atoms with van der Waals surface area (Å²) in [4.78, 5) is 13.7. The number of para-hydroxylation sites is 1. The third-order valence-electron chi connectivity index (χ3n) is 2.83. The zero-order valence-electron chi connectivity index (χ0n) is 11.6. The number of hydrogen-bond donors (Lipinski definition) is 0. The van der Waals surface area contributed by atoms with Crippen LogP contribution in [0.2, 0.25) is 0 Å². The van der Waals surface area contributed by atoms with Crippen LogP contribution in [0, 0.1) is 0 Å². The molecule has 0 unspecified atom stereocenters. The molecule has 0 spiro atoms. The average Bonchev–Trinajstić information content (AvgIpc) is 2.66. The van der Waals surface area contributed by atoms with Crippen molar-refractivity contribution >= 4 is 16.8 Å². The van der Waals surface area contributed by atoms with Crippen molar-refractivity contribution in [2.24, 2.45) is 0 Å². The van der Waals surface area contributed by atoms with Crippen LogP contribution in [0.15, 0.2) is 24.3 Å². The van der Waals surface area contributed by atoms with Crippen LogP contribution in [-0.2, 0) is 5.54 Å². The van der Waals surface area contributed by atoms with Crippen LogP contribution in [0.25, 0.3) is 10.9 Å². The fourth-order valence-electron chi connectivity index (χ4n) is 1.95. The molecule has 0 aliphatic carbocycles. The van der Waals surface area contributed by atoms with Crippen molar-refractivity contribution in [1.29, 1.82) is 0 Å². The lowest BCUT2D eigenvalue weighted by molar-refractivity contribution is 0.0822. The van der Waals surface area contributed by atoms with E-state index in [2.05, 4.69) is 25.9 Å². The van der Waals surface area contributed by atoms with E-state index in [1.165, 1.54) is 0 Å². The number of benzene rings is 1. The summed E-state index contributed by atoms with van der Waals surface area (Å²) in [5.41, 5.74) is 1.37. The van der Waals surface area contributed by atoms with Gasteiger partial charge in [-0.2, -0.15) is 5.10 Å². The van der Waals surface area contributed by atoms with Gasteiger partial charge in [0.2, 0.25) is 0 Å². The van der Waals surface area contributed by atoms with Crippen LogP contribution in [0.4, 0.5) is 0 Å². The van der Waals surface area contributed by atoms with Crippen molar-refractivity contribution < 1.29 is 4.79 Å². The fraction of sp³-hybridized carbons (Fsp3) is 0.429. The topological polar surface area (TPSA) is 38.1 Å². The van der Waals surface area contributed by atoms with Crippen molar-refractivity contribution in [1.82, 2.24) is 14.7 Å². The largest absolute Gasteiger partial charge is 0.343 e. The first-order valence-corrected chi connectivity index (χ1v) is 6.02. The molecule has 4 heteroatoms. The van der Waals surface area contributed by atoms with E-state index in [9.17, 15) is 4.79 Å². The molecule has 2 rings (SSSR count). The Hall–Kier alpha value is -1.84. The van der Waals surface area contributed by atoms with Gasteiger partial charge in [-0.1, -0.05) is 18.2 Å². The Labute approximate surface area is 107 Å². The van der Waals surface area contributed by atoms with Crippen LogP contribution in [0.3, 0.4) is 0 Å². The Morgan fingerprint density at radius 3 is 2.39 bits per heavy atom. The molecule has 0 saturated heterocycles. The number of aromatic nitrogens is 2. The van der Waals surface area contributed by atoms with Gasteiger partial charge in [-0.15, -0.1) is 0 Å². The monoisotopic (exact) mass is 245 g/mol. The van der Waals surface area contributed by atoms with Gasteiger partial charge < -0.3 is 4.90 Å². The molecule has 1 heterocycles. The van der Waals surface area contributed by atoms with Gasteiger partial charge in [0.1, 0.15) is 0 Å². The smallest absolute Gasteiger partial charge is 0.274 e. The molecule has 1 aromatic carbocycles. The van der Waals surface area contributed by atoms with Crippen molar-refractivity contribution in [3.05, 3.63) is 30.0 Å². The third-order valence-corrected chi connectivity index (χ3v) is 2.83. The number of fused-ring (bicyclic) bond motifs is 1.